The molecule has 116 valence electrons. The molecule has 1 aliphatic carbocycles. The Balaban J connectivity index is 2.21. The van der Waals surface area contributed by atoms with Crippen LogP contribution in [0.2, 0.25) is 0 Å². The van der Waals surface area contributed by atoms with Gasteiger partial charge in [0.25, 0.3) is 0 Å². The Labute approximate surface area is 118 Å². The summed E-state index contributed by atoms with van der Waals surface area (Å²) in [5.74, 6) is 0. The van der Waals surface area contributed by atoms with Crippen LogP contribution in [-0.4, -0.2) is 28.2 Å². The molecule has 0 saturated heterocycles. The number of nitrogens with zero attached hydrogens (tertiary/aromatic N) is 2. The lowest BCUT2D eigenvalue weighted by atomic mass is 10.0. The van der Waals surface area contributed by atoms with Crippen molar-refractivity contribution in [2.45, 2.75) is 25.4 Å². The van der Waals surface area contributed by atoms with E-state index in [2.05, 4.69) is 10.3 Å². The molecule has 1 fully saturated rings. The molecule has 6 nitrogen and oxygen atoms in total. The monoisotopic (exact) mass is 305 g/mol. The first-order chi connectivity index (χ1) is 9.77. The minimum absolute atomic E-state index is 0.0199. The number of alkyl halides is 3. The highest BCUT2D eigenvalue weighted by Gasteiger charge is 2.42. The summed E-state index contributed by atoms with van der Waals surface area (Å²) < 4.78 is 37.8. The van der Waals surface area contributed by atoms with E-state index in [1.165, 1.54) is 0 Å². The molecule has 0 aromatic carbocycles. The maximum atomic E-state index is 12.6. The van der Waals surface area contributed by atoms with Crippen LogP contribution in [0, 0.1) is 15.5 Å². The molecule has 1 saturated carbocycles. The number of nitrogens with one attached hydrogen (secondary N) is 1. The molecule has 21 heavy (non-hydrogen) atoms. The summed E-state index contributed by atoms with van der Waals surface area (Å²) in [5, 5.41) is 22.5. The third-order valence-corrected chi connectivity index (χ3v) is 3.62. The molecule has 1 aromatic heterocycles. The van der Waals surface area contributed by atoms with Crippen molar-refractivity contribution < 1.29 is 23.2 Å². The normalized spacial score (nSPS) is 16.6. The van der Waals surface area contributed by atoms with Gasteiger partial charge in [0.1, 0.15) is 17.6 Å². The van der Waals surface area contributed by atoms with Gasteiger partial charge in [-0.15, -0.1) is 0 Å². The fraction of sp³-hybridized carbons (Fsp3) is 0.583. The lowest BCUT2D eigenvalue weighted by molar-refractivity contribution is -0.384. The first kappa shape index (κ1) is 15.5. The van der Waals surface area contributed by atoms with Crippen LogP contribution < -0.4 is 5.32 Å². The summed E-state index contributed by atoms with van der Waals surface area (Å²) in [4.78, 5) is 13.2. The van der Waals surface area contributed by atoms with E-state index in [4.69, 9.17) is 5.11 Å². The van der Waals surface area contributed by atoms with Crippen LogP contribution >= 0.6 is 0 Å². The van der Waals surface area contributed by atoms with E-state index in [-0.39, 0.29) is 24.3 Å². The highest BCUT2D eigenvalue weighted by atomic mass is 19.4. The Morgan fingerprint density at radius 1 is 1.48 bits per heavy atom. The molecule has 0 radical (unpaired) electrons. The molecule has 0 bridgehead atoms. The van der Waals surface area contributed by atoms with Crippen molar-refractivity contribution in [2.75, 3.05) is 18.5 Å². The van der Waals surface area contributed by atoms with E-state index in [0.29, 0.717) is 18.7 Å². The molecule has 9 heteroatoms. The average Bonchev–Trinajstić information content (AvgIpc) is 3.15. The SMILES string of the molecule is O=[N+]([O-])c1cnc(C(F)(F)F)cc1NCC1(CCO)CC1. The Bertz CT molecular complexity index is 544. The third kappa shape index (κ3) is 3.60. The fourth-order valence-electron chi connectivity index (χ4n) is 2.10. The predicted octanol–water partition coefficient (Wildman–Crippen LogP) is 2.58. The van der Waals surface area contributed by atoms with Gasteiger partial charge in [-0.25, -0.2) is 4.98 Å². The summed E-state index contributed by atoms with van der Waals surface area (Å²) in [6.45, 7) is 0.267. The van der Waals surface area contributed by atoms with E-state index in [9.17, 15) is 23.3 Å². The molecule has 0 amide bonds. The van der Waals surface area contributed by atoms with Crippen molar-refractivity contribution in [1.29, 1.82) is 0 Å². The molecular weight excluding hydrogens is 291 g/mol. The van der Waals surface area contributed by atoms with E-state index >= 15 is 0 Å². The Kier molecular flexibility index (Phi) is 4.04. The van der Waals surface area contributed by atoms with Gasteiger partial charge in [0.05, 0.1) is 4.92 Å². The molecule has 0 spiro atoms. The summed E-state index contributed by atoms with van der Waals surface area (Å²) in [6, 6.07) is 0.646. The van der Waals surface area contributed by atoms with Crippen LogP contribution in [0.1, 0.15) is 25.0 Å². The van der Waals surface area contributed by atoms with Crippen LogP contribution in [0.4, 0.5) is 24.5 Å². The van der Waals surface area contributed by atoms with Crippen molar-refractivity contribution in [2.24, 2.45) is 5.41 Å². The number of hydrogen-bond acceptors (Lipinski definition) is 5. The van der Waals surface area contributed by atoms with Gasteiger partial charge in [0, 0.05) is 13.2 Å². The van der Waals surface area contributed by atoms with Gasteiger partial charge in [-0.2, -0.15) is 13.2 Å². The molecule has 0 aliphatic heterocycles. The maximum Gasteiger partial charge on any atom is 0.433 e. The number of pyridine rings is 1. The smallest absolute Gasteiger partial charge is 0.396 e. The van der Waals surface area contributed by atoms with Gasteiger partial charge < -0.3 is 10.4 Å². The first-order valence-corrected chi connectivity index (χ1v) is 6.34. The van der Waals surface area contributed by atoms with Crippen molar-refractivity contribution in [1.82, 2.24) is 4.98 Å². The van der Waals surface area contributed by atoms with Crippen LogP contribution in [0.25, 0.3) is 0 Å². The van der Waals surface area contributed by atoms with Crippen LogP contribution in [0.3, 0.4) is 0 Å². The maximum absolute atomic E-state index is 12.6. The second-order valence-corrected chi connectivity index (χ2v) is 5.17. The highest BCUT2D eigenvalue weighted by molar-refractivity contribution is 5.61. The average molecular weight is 305 g/mol. The quantitative estimate of drug-likeness (QED) is 0.623. The first-order valence-electron chi connectivity index (χ1n) is 6.34. The molecule has 1 aromatic rings. The van der Waals surface area contributed by atoms with Crippen LogP contribution in [0.5, 0.6) is 0 Å². The zero-order valence-corrected chi connectivity index (χ0v) is 11.0. The Morgan fingerprint density at radius 3 is 2.62 bits per heavy atom. The van der Waals surface area contributed by atoms with Gasteiger partial charge in [-0.05, 0) is 30.7 Å². The summed E-state index contributed by atoms with van der Waals surface area (Å²) in [5.41, 5.74) is -2.05. The van der Waals surface area contributed by atoms with Gasteiger partial charge >= 0.3 is 11.9 Å². The van der Waals surface area contributed by atoms with Gasteiger partial charge in [0.2, 0.25) is 0 Å². The number of halogens is 3. The van der Waals surface area contributed by atoms with Crippen molar-refractivity contribution >= 4 is 11.4 Å². The molecule has 0 unspecified atom stereocenters. The number of rotatable bonds is 6. The zero-order valence-electron chi connectivity index (χ0n) is 11.0. The second-order valence-electron chi connectivity index (χ2n) is 5.17. The van der Waals surface area contributed by atoms with E-state index in [1.54, 1.807) is 0 Å². The Morgan fingerprint density at radius 2 is 2.14 bits per heavy atom. The molecule has 2 rings (SSSR count). The minimum atomic E-state index is -4.66. The largest absolute Gasteiger partial charge is 0.433 e. The van der Waals surface area contributed by atoms with E-state index in [0.717, 1.165) is 12.8 Å². The number of aliphatic hydroxyl groups is 1. The van der Waals surface area contributed by atoms with E-state index in [1.807, 2.05) is 0 Å². The molecule has 2 N–H and O–H groups in total. The van der Waals surface area contributed by atoms with Crippen molar-refractivity contribution in [3.63, 3.8) is 0 Å². The lowest BCUT2D eigenvalue weighted by Gasteiger charge is -2.16. The predicted molar refractivity (Wildman–Crippen MR) is 67.8 cm³/mol. The van der Waals surface area contributed by atoms with Gasteiger partial charge in [-0.3, -0.25) is 10.1 Å². The standard InChI is InChI=1S/C12H14F3N3O3/c13-12(14,15)10-5-8(9(6-16-10)18(20)21)17-7-11(1-2-11)3-4-19/h5-6,19H,1-4,7H2,(H,16,17). The zero-order chi connectivity index (χ0) is 15.7. The third-order valence-electron chi connectivity index (χ3n) is 3.62. The van der Waals surface area contributed by atoms with Crippen LogP contribution in [0.15, 0.2) is 12.3 Å². The van der Waals surface area contributed by atoms with Gasteiger partial charge in [-0.1, -0.05) is 0 Å². The fourth-order valence-corrected chi connectivity index (χ4v) is 2.10. The molecule has 1 heterocycles. The van der Waals surface area contributed by atoms with Crippen LogP contribution in [-0.2, 0) is 6.18 Å². The number of anilines is 1. The topological polar surface area (TPSA) is 88.3 Å². The molecule has 1 aliphatic rings. The van der Waals surface area contributed by atoms with Crippen molar-refractivity contribution in [3.05, 3.63) is 28.1 Å². The number of aromatic nitrogens is 1. The summed E-state index contributed by atoms with van der Waals surface area (Å²) >= 11 is 0. The number of aliphatic hydroxyl groups excluding tert-OH is 1. The Hall–Kier alpha value is -1.90. The highest BCUT2D eigenvalue weighted by Crippen LogP contribution is 2.48. The lowest BCUT2D eigenvalue weighted by Crippen LogP contribution is -2.18. The minimum Gasteiger partial charge on any atom is -0.396 e. The van der Waals surface area contributed by atoms with E-state index < -0.39 is 22.5 Å². The second kappa shape index (κ2) is 5.47. The molecule has 0 atom stereocenters. The molecular formula is C12H14F3N3O3. The summed E-state index contributed by atoms with van der Waals surface area (Å²) in [6.07, 6.45) is -1.85. The summed E-state index contributed by atoms with van der Waals surface area (Å²) in [7, 11) is 0. The number of hydrogen-bond donors (Lipinski definition) is 2. The number of nitro groups is 1. The van der Waals surface area contributed by atoms with Gasteiger partial charge in [0.15, 0.2) is 0 Å². The van der Waals surface area contributed by atoms with Crippen molar-refractivity contribution in [3.8, 4) is 0 Å².